The first-order valence-electron chi connectivity index (χ1n) is 6.05. The normalized spacial score (nSPS) is 16.0. The molecule has 1 aliphatic rings. The first-order chi connectivity index (χ1) is 9.08. The topological polar surface area (TPSA) is 66.1 Å². The van der Waals surface area contributed by atoms with Crippen LogP contribution in [0.4, 0.5) is 0 Å². The van der Waals surface area contributed by atoms with Gasteiger partial charge in [-0.25, -0.2) is 4.98 Å². The van der Waals surface area contributed by atoms with E-state index < -0.39 is 0 Å². The van der Waals surface area contributed by atoms with Crippen LogP contribution in [0.5, 0.6) is 0 Å². The summed E-state index contributed by atoms with van der Waals surface area (Å²) in [6.45, 7) is 3.53. The highest BCUT2D eigenvalue weighted by Gasteiger charge is 2.33. The first-order valence-corrected chi connectivity index (χ1v) is 6.05. The molecule has 1 aromatic heterocycles. The predicted molar refractivity (Wildman–Crippen MR) is 70.0 cm³/mol. The number of benzene rings is 1. The Kier molecular flexibility index (Phi) is 2.48. The number of aromatic nitrogens is 2. The van der Waals surface area contributed by atoms with Crippen molar-refractivity contribution in [2.75, 3.05) is 0 Å². The van der Waals surface area contributed by atoms with Gasteiger partial charge in [-0.15, -0.1) is 0 Å². The highest BCUT2D eigenvalue weighted by molar-refractivity contribution is 6.18. The average Bonchev–Trinajstić information content (AvgIpc) is 2.90. The van der Waals surface area contributed by atoms with Crippen LogP contribution in [0.2, 0.25) is 0 Å². The number of hydrogen-bond donors (Lipinski definition) is 1. The Bertz CT molecular complexity index is 670. The number of carbonyl (C=O) groups is 2. The van der Waals surface area contributed by atoms with Crippen molar-refractivity contribution in [1.29, 1.82) is 0 Å². The van der Waals surface area contributed by atoms with Crippen LogP contribution in [0.3, 0.4) is 0 Å². The molecule has 0 aliphatic carbocycles. The average molecular weight is 255 g/mol. The number of carbonyl (C=O) groups excluding carboxylic acids is 2. The zero-order valence-electron chi connectivity index (χ0n) is 10.7. The van der Waals surface area contributed by atoms with E-state index in [-0.39, 0.29) is 18.4 Å². The molecule has 0 radical (unpaired) electrons. The summed E-state index contributed by atoms with van der Waals surface area (Å²) in [6, 6.07) is 7.60. The van der Waals surface area contributed by atoms with E-state index >= 15 is 0 Å². The largest absolute Gasteiger partial charge is 0.340 e. The fourth-order valence-corrected chi connectivity index (χ4v) is 2.19. The van der Waals surface area contributed by atoms with Gasteiger partial charge in [0.1, 0.15) is 5.82 Å². The summed E-state index contributed by atoms with van der Waals surface area (Å²) in [5.41, 5.74) is 2.76. The molecule has 0 atom stereocenters. The van der Waals surface area contributed by atoms with Gasteiger partial charge in [0.15, 0.2) is 0 Å². The predicted octanol–water partition coefficient (Wildman–Crippen LogP) is 1.77. The van der Waals surface area contributed by atoms with Crippen LogP contribution >= 0.6 is 0 Å². The van der Waals surface area contributed by atoms with E-state index in [1.165, 1.54) is 4.90 Å². The molecule has 0 bridgehead atoms. The second kappa shape index (κ2) is 4.05. The zero-order valence-corrected chi connectivity index (χ0v) is 10.7. The van der Waals surface area contributed by atoms with Crippen LogP contribution in [-0.2, 0) is 16.1 Å². The Hall–Kier alpha value is -2.43. The number of nitrogens with zero attached hydrogens (tertiary/aromatic N) is 2. The number of hydrogen-bond acceptors (Lipinski definition) is 3. The molecule has 1 N–H and O–H groups in total. The number of aromatic amines is 1. The molecule has 0 unspecified atom stereocenters. The van der Waals surface area contributed by atoms with E-state index in [1.807, 2.05) is 24.3 Å². The molecule has 0 spiro atoms. The quantitative estimate of drug-likeness (QED) is 0.832. The number of amides is 2. The molecule has 2 aromatic rings. The molecule has 19 heavy (non-hydrogen) atoms. The third-order valence-electron chi connectivity index (χ3n) is 3.44. The molecule has 3 rings (SSSR count). The molecule has 0 fully saturated rings. The molecular weight excluding hydrogens is 242 g/mol. The number of para-hydroxylation sites is 2. The van der Waals surface area contributed by atoms with Gasteiger partial charge >= 0.3 is 0 Å². The number of rotatable bonds is 2. The Morgan fingerprint density at radius 1 is 1.11 bits per heavy atom. The van der Waals surface area contributed by atoms with Crippen LogP contribution in [0, 0.1) is 0 Å². The maximum atomic E-state index is 12.0. The van der Waals surface area contributed by atoms with E-state index in [2.05, 4.69) is 9.97 Å². The summed E-state index contributed by atoms with van der Waals surface area (Å²) >= 11 is 0. The number of nitrogens with one attached hydrogen (secondary N) is 1. The second-order valence-electron chi connectivity index (χ2n) is 4.65. The third kappa shape index (κ3) is 1.74. The monoisotopic (exact) mass is 255 g/mol. The van der Waals surface area contributed by atoms with Gasteiger partial charge in [0.05, 0.1) is 17.6 Å². The van der Waals surface area contributed by atoms with Gasteiger partial charge in [-0.2, -0.15) is 0 Å². The van der Waals surface area contributed by atoms with Crippen molar-refractivity contribution in [3.8, 4) is 0 Å². The lowest BCUT2D eigenvalue weighted by atomic mass is 10.2. The van der Waals surface area contributed by atoms with E-state index in [0.717, 1.165) is 11.0 Å². The van der Waals surface area contributed by atoms with Crippen LogP contribution < -0.4 is 0 Å². The van der Waals surface area contributed by atoms with Crippen molar-refractivity contribution in [3.63, 3.8) is 0 Å². The Morgan fingerprint density at radius 3 is 2.37 bits per heavy atom. The molecule has 5 nitrogen and oxygen atoms in total. The Morgan fingerprint density at radius 2 is 1.74 bits per heavy atom. The summed E-state index contributed by atoms with van der Waals surface area (Å²) in [7, 11) is 0. The Labute approximate surface area is 109 Å². The lowest BCUT2D eigenvalue weighted by Crippen LogP contribution is -2.31. The van der Waals surface area contributed by atoms with Gasteiger partial charge in [0.25, 0.3) is 11.8 Å². The van der Waals surface area contributed by atoms with Gasteiger partial charge in [-0.05, 0) is 26.0 Å². The van der Waals surface area contributed by atoms with Crippen molar-refractivity contribution < 1.29 is 9.59 Å². The molecule has 5 heteroatoms. The second-order valence-corrected chi connectivity index (χ2v) is 4.65. The van der Waals surface area contributed by atoms with E-state index in [4.69, 9.17) is 0 Å². The molecule has 0 saturated carbocycles. The SMILES string of the molecule is CC1=C(C)C(=O)N(Cc2nc3ccccc3[nH]2)C1=O. The molecule has 1 aliphatic heterocycles. The highest BCUT2D eigenvalue weighted by Crippen LogP contribution is 2.22. The van der Waals surface area contributed by atoms with Gasteiger partial charge in [0, 0.05) is 11.1 Å². The van der Waals surface area contributed by atoms with E-state index in [9.17, 15) is 9.59 Å². The minimum absolute atomic E-state index is 0.182. The summed E-state index contributed by atoms with van der Waals surface area (Å²) in [5, 5.41) is 0. The molecule has 96 valence electrons. The van der Waals surface area contributed by atoms with Gasteiger partial charge < -0.3 is 4.98 Å². The van der Waals surface area contributed by atoms with Crippen molar-refractivity contribution in [2.24, 2.45) is 0 Å². The van der Waals surface area contributed by atoms with Gasteiger partial charge in [-0.1, -0.05) is 12.1 Å². The lowest BCUT2D eigenvalue weighted by Gasteiger charge is -2.12. The van der Waals surface area contributed by atoms with Crippen LogP contribution in [0.1, 0.15) is 19.7 Å². The molecule has 2 heterocycles. The number of imide groups is 1. The zero-order chi connectivity index (χ0) is 13.6. The lowest BCUT2D eigenvalue weighted by molar-refractivity contribution is -0.138. The minimum Gasteiger partial charge on any atom is -0.340 e. The highest BCUT2D eigenvalue weighted by atomic mass is 16.2. The molecular formula is C14H13N3O2. The van der Waals surface area contributed by atoms with Gasteiger partial charge in [-0.3, -0.25) is 14.5 Å². The smallest absolute Gasteiger partial charge is 0.257 e. The number of H-pyrrole nitrogens is 1. The third-order valence-corrected chi connectivity index (χ3v) is 3.44. The van der Waals surface area contributed by atoms with Crippen molar-refractivity contribution >= 4 is 22.8 Å². The summed E-state index contributed by atoms with van der Waals surface area (Å²) in [4.78, 5) is 32.6. The van der Waals surface area contributed by atoms with Crippen LogP contribution in [-0.4, -0.2) is 26.7 Å². The van der Waals surface area contributed by atoms with E-state index in [0.29, 0.717) is 17.0 Å². The molecule has 1 aromatic carbocycles. The standard InChI is InChI=1S/C14H13N3O2/c1-8-9(2)14(19)17(13(8)18)7-12-15-10-5-3-4-6-11(10)16-12/h3-6H,7H2,1-2H3,(H,15,16). The Balaban J connectivity index is 1.90. The maximum Gasteiger partial charge on any atom is 0.257 e. The number of imidazole rings is 1. The molecule has 0 saturated heterocycles. The summed E-state index contributed by atoms with van der Waals surface area (Å²) in [6.07, 6.45) is 0. The number of fused-ring (bicyclic) bond motifs is 1. The van der Waals surface area contributed by atoms with Crippen molar-refractivity contribution in [1.82, 2.24) is 14.9 Å². The maximum absolute atomic E-state index is 12.0. The fraction of sp³-hybridized carbons (Fsp3) is 0.214. The van der Waals surface area contributed by atoms with Crippen molar-refractivity contribution in [3.05, 3.63) is 41.2 Å². The van der Waals surface area contributed by atoms with E-state index in [1.54, 1.807) is 13.8 Å². The van der Waals surface area contributed by atoms with Crippen LogP contribution in [0.25, 0.3) is 11.0 Å². The summed E-state index contributed by atoms with van der Waals surface area (Å²) < 4.78 is 0. The summed E-state index contributed by atoms with van der Waals surface area (Å²) in [5.74, 6) is 0.149. The first kappa shape index (κ1) is 11.6. The van der Waals surface area contributed by atoms with Crippen LogP contribution in [0.15, 0.2) is 35.4 Å². The van der Waals surface area contributed by atoms with Crippen molar-refractivity contribution in [2.45, 2.75) is 20.4 Å². The van der Waals surface area contributed by atoms with Gasteiger partial charge in [0.2, 0.25) is 0 Å². The minimum atomic E-state index is -0.233. The fourth-order valence-electron chi connectivity index (χ4n) is 2.19. The molecule has 2 amide bonds.